The first kappa shape index (κ1) is 13.2. The van der Waals surface area contributed by atoms with Crippen LogP contribution in [0.25, 0.3) is 0 Å². The Kier molecular flexibility index (Phi) is 5.00. The van der Waals surface area contributed by atoms with Crippen LogP contribution in [0.4, 0.5) is 0 Å². The van der Waals surface area contributed by atoms with Crippen LogP contribution >= 0.6 is 0 Å². The van der Waals surface area contributed by atoms with E-state index in [1.807, 2.05) is 6.92 Å². The molecule has 0 radical (unpaired) electrons. The predicted octanol–water partition coefficient (Wildman–Crippen LogP) is 2.52. The van der Waals surface area contributed by atoms with Gasteiger partial charge in [-0.1, -0.05) is 13.8 Å². The maximum atomic E-state index is 6.15. The van der Waals surface area contributed by atoms with Gasteiger partial charge in [0.1, 0.15) is 0 Å². The van der Waals surface area contributed by atoms with Crippen LogP contribution in [0, 0.1) is 12.8 Å². The van der Waals surface area contributed by atoms with Crippen molar-refractivity contribution in [3.8, 4) is 0 Å². The lowest BCUT2D eigenvalue weighted by Gasteiger charge is -2.13. The zero-order valence-corrected chi connectivity index (χ0v) is 11.0. The molecule has 0 spiro atoms. The summed E-state index contributed by atoms with van der Waals surface area (Å²) in [5.74, 6) is 0.740. The van der Waals surface area contributed by atoms with Gasteiger partial charge in [0.05, 0.1) is 5.69 Å². The summed E-state index contributed by atoms with van der Waals surface area (Å²) in [6.45, 7) is 9.57. The Morgan fingerprint density at radius 1 is 1.38 bits per heavy atom. The van der Waals surface area contributed by atoms with Crippen molar-refractivity contribution in [1.82, 2.24) is 9.78 Å². The van der Waals surface area contributed by atoms with Crippen LogP contribution < -0.4 is 5.73 Å². The SMILES string of the molecule is CCn1nc(C)cc1CC(N)CCC(C)C. The van der Waals surface area contributed by atoms with Crippen molar-refractivity contribution in [3.05, 3.63) is 17.5 Å². The van der Waals surface area contributed by atoms with Gasteiger partial charge in [0.15, 0.2) is 0 Å². The second-order valence-corrected chi connectivity index (χ2v) is 5.03. The minimum absolute atomic E-state index is 0.267. The van der Waals surface area contributed by atoms with E-state index in [1.165, 1.54) is 12.1 Å². The van der Waals surface area contributed by atoms with E-state index < -0.39 is 0 Å². The van der Waals surface area contributed by atoms with Crippen LogP contribution in [0.2, 0.25) is 0 Å². The molecule has 0 aromatic carbocycles. The van der Waals surface area contributed by atoms with Gasteiger partial charge in [0.2, 0.25) is 0 Å². The zero-order valence-electron chi connectivity index (χ0n) is 11.0. The number of nitrogens with two attached hydrogens (primary N) is 1. The lowest BCUT2D eigenvalue weighted by molar-refractivity contribution is 0.482. The average molecular weight is 223 g/mol. The highest BCUT2D eigenvalue weighted by atomic mass is 15.3. The molecule has 0 saturated heterocycles. The molecular formula is C13H25N3. The summed E-state index contributed by atoms with van der Waals surface area (Å²) >= 11 is 0. The van der Waals surface area contributed by atoms with Crippen LogP contribution in [-0.4, -0.2) is 15.8 Å². The lowest BCUT2D eigenvalue weighted by Crippen LogP contribution is -2.24. The van der Waals surface area contributed by atoms with Gasteiger partial charge in [-0.3, -0.25) is 4.68 Å². The van der Waals surface area contributed by atoms with Crippen LogP contribution in [0.15, 0.2) is 6.07 Å². The van der Waals surface area contributed by atoms with E-state index in [4.69, 9.17) is 5.73 Å². The number of hydrogen-bond acceptors (Lipinski definition) is 2. The van der Waals surface area contributed by atoms with Gasteiger partial charge in [0, 0.05) is 24.7 Å². The van der Waals surface area contributed by atoms with Crippen molar-refractivity contribution >= 4 is 0 Å². The molecule has 92 valence electrons. The van der Waals surface area contributed by atoms with Gasteiger partial charge in [-0.25, -0.2) is 0 Å². The molecule has 0 saturated carbocycles. The molecule has 3 heteroatoms. The van der Waals surface area contributed by atoms with Crippen LogP contribution in [-0.2, 0) is 13.0 Å². The predicted molar refractivity (Wildman–Crippen MR) is 68.4 cm³/mol. The van der Waals surface area contributed by atoms with Crippen LogP contribution in [0.3, 0.4) is 0 Å². The van der Waals surface area contributed by atoms with E-state index in [0.29, 0.717) is 0 Å². The van der Waals surface area contributed by atoms with Gasteiger partial charge < -0.3 is 5.73 Å². The summed E-state index contributed by atoms with van der Waals surface area (Å²) in [4.78, 5) is 0. The molecule has 16 heavy (non-hydrogen) atoms. The van der Waals surface area contributed by atoms with Gasteiger partial charge in [-0.2, -0.15) is 5.10 Å². The van der Waals surface area contributed by atoms with Crippen molar-refractivity contribution < 1.29 is 0 Å². The fraction of sp³-hybridized carbons (Fsp3) is 0.769. The molecule has 1 atom stereocenters. The highest BCUT2D eigenvalue weighted by Gasteiger charge is 2.10. The molecule has 1 aromatic rings. The molecule has 0 aliphatic rings. The van der Waals surface area contributed by atoms with Crippen molar-refractivity contribution in [2.45, 2.75) is 59.5 Å². The largest absolute Gasteiger partial charge is 0.327 e. The molecule has 1 heterocycles. The Morgan fingerprint density at radius 3 is 2.62 bits per heavy atom. The summed E-state index contributed by atoms with van der Waals surface area (Å²) in [6.07, 6.45) is 3.26. The maximum absolute atomic E-state index is 6.15. The lowest BCUT2D eigenvalue weighted by atomic mass is 10.0. The smallest absolute Gasteiger partial charge is 0.0596 e. The first-order valence-corrected chi connectivity index (χ1v) is 6.31. The van der Waals surface area contributed by atoms with Crippen LogP contribution in [0.1, 0.15) is 45.0 Å². The Bertz CT molecular complexity index is 315. The van der Waals surface area contributed by atoms with Gasteiger partial charge in [-0.15, -0.1) is 0 Å². The first-order chi connectivity index (χ1) is 7.52. The topological polar surface area (TPSA) is 43.8 Å². The zero-order chi connectivity index (χ0) is 12.1. The molecule has 1 rings (SSSR count). The molecule has 1 unspecified atom stereocenters. The van der Waals surface area contributed by atoms with E-state index >= 15 is 0 Å². The monoisotopic (exact) mass is 223 g/mol. The minimum atomic E-state index is 0.267. The normalized spacial score (nSPS) is 13.4. The molecular weight excluding hydrogens is 198 g/mol. The molecule has 0 fully saturated rings. The highest BCUT2D eigenvalue weighted by molar-refractivity contribution is 5.10. The number of rotatable bonds is 6. The van der Waals surface area contributed by atoms with Crippen LogP contribution in [0.5, 0.6) is 0 Å². The Morgan fingerprint density at radius 2 is 2.06 bits per heavy atom. The third-order valence-corrected chi connectivity index (χ3v) is 2.87. The van der Waals surface area contributed by atoms with Crippen molar-refractivity contribution in [2.24, 2.45) is 11.7 Å². The second kappa shape index (κ2) is 6.04. The average Bonchev–Trinajstić information content (AvgIpc) is 2.55. The molecule has 1 aromatic heterocycles. The number of hydrogen-bond donors (Lipinski definition) is 1. The quantitative estimate of drug-likeness (QED) is 0.805. The fourth-order valence-electron chi connectivity index (χ4n) is 1.96. The molecule has 0 amide bonds. The summed E-state index contributed by atoms with van der Waals surface area (Å²) in [6, 6.07) is 2.42. The number of aryl methyl sites for hydroxylation is 2. The van der Waals surface area contributed by atoms with Gasteiger partial charge in [-0.05, 0) is 38.7 Å². The van der Waals surface area contributed by atoms with Crippen molar-refractivity contribution in [1.29, 1.82) is 0 Å². The van der Waals surface area contributed by atoms with Gasteiger partial charge in [0.25, 0.3) is 0 Å². The number of nitrogens with zero attached hydrogens (tertiary/aromatic N) is 2. The molecule has 0 aliphatic carbocycles. The summed E-state index contributed by atoms with van der Waals surface area (Å²) in [7, 11) is 0. The van der Waals surface area contributed by atoms with E-state index in [2.05, 4.69) is 36.6 Å². The standard InChI is InChI=1S/C13H25N3/c1-5-16-13(8-11(4)15-16)9-12(14)7-6-10(2)3/h8,10,12H,5-7,9,14H2,1-4H3. The van der Waals surface area contributed by atoms with E-state index in [9.17, 15) is 0 Å². The minimum Gasteiger partial charge on any atom is -0.327 e. The Hall–Kier alpha value is -0.830. The molecule has 2 N–H and O–H groups in total. The summed E-state index contributed by atoms with van der Waals surface area (Å²) in [5.41, 5.74) is 8.51. The highest BCUT2D eigenvalue weighted by Crippen LogP contribution is 2.11. The van der Waals surface area contributed by atoms with E-state index in [1.54, 1.807) is 0 Å². The third kappa shape index (κ3) is 3.97. The molecule has 0 aliphatic heterocycles. The van der Waals surface area contributed by atoms with Gasteiger partial charge >= 0.3 is 0 Å². The van der Waals surface area contributed by atoms with E-state index in [0.717, 1.165) is 31.0 Å². The first-order valence-electron chi connectivity index (χ1n) is 6.31. The number of aromatic nitrogens is 2. The molecule has 0 bridgehead atoms. The van der Waals surface area contributed by atoms with Crippen molar-refractivity contribution in [3.63, 3.8) is 0 Å². The molecule has 3 nitrogen and oxygen atoms in total. The van der Waals surface area contributed by atoms with E-state index in [-0.39, 0.29) is 6.04 Å². The van der Waals surface area contributed by atoms with Crippen molar-refractivity contribution in [2.75, 3.05) is 0 Å². The fourth-order valence-corrected chi connectivity index (χ4v) is 1.96. The summed E-state index contributed by atoms with van der Waals surface area (Å²) < 4.78 is 2.06. The Labute approximate surface area is 99.0 Å². The maximum Gasteiger partial charge on any atom is 0.0596 e. The summed E-state index contributed by atoms with van der Waals surface area (Å²) in [5, 5.41) is 4.44. The third-order valence-electron chi connectivity index (χ3n) is 2.87. The second-order valence-electron chi connectivity index (χ2n) is 5.03. The Balaban J connectivity index is 2.51.